The van der Waals surface area contributed by atoms with Crippen LogP contribution in [-0.2, 0) is 0 Å². The third-order valence-electron chi connectivity index (χ3n) is 1.67. The van der Waals surface area contributed by atoms with E-state index >= 15 is 0 Å². The summed E-state index contributed by atoms with van der Waals surface area (Å²) in [7, 11) is 0. The van der Waals surface area contributed by atoms with Gasteiger partial charge in [0.15, 0.2) is 0 Å². The van der Waals surface area contributed by atoms with Gasteiger partial charge in [0.05, 0.1) is 16.3 Å². The minimum Gasteiger partial charge on any atom is -0.300 e. The lowest BCUT2D eigenvalue weighted by Gasteiger charge is -2.04. The summed E-state index contributed by atoms with van der Waals surface area (Å²) >= 11 is 5.80. The molecule has 0 amide bonds. The van der Waals surface area contributed by atoms with E-state index in [4.69, 9.17) is 17.0 Å². The first kappa shape index (κ1) is 10.9. The number of hydrogen-bond acceptors (Lipinski definition) is 1. The van der Waals surface area contributed by atoms with E-state index < -0.39 is 5.82 Å². The van der Waals surface area contributed by atoms with Crippen molar-refractivity contribution in [2.45, 2.75) is 13.8 Å². The molecule has 3 heteroatoms. The Morgan fingerprint density at radius 3 is 2.57 bits per heavy atom. The van der Waals surface area contributed by atoms with Crippen LogP contribution in [0, 0.1) is 11.2 Å². The molecule has 1 nitrogen and oxygen atoms in total. The van der Waals surface area contributed by atoms with Gasteiger partial charge in [-0.3, -0.25) is 0 Å². The van der Waals surface area contributed by atoms with E-state index in [2.05, 4.69) is 0 Å². The largest absolute Gasteiger partial charge is 0.300 e. The molecule has 0 aliphatic rings. The zero-order chi connectivity index (χ0) is 10.7. The van der Waals surface area contributed by atoms with E-state index in [9.17, 15) is 4.39 Å². The maximum absolute atomic E-state index is 13.3. The van der Waals surface area contributed by atoms with Gasteiger partial charge in [-0.2, -0.15) is 0 Å². The molecule has 0 bridgehead atoms. The van der Waals surface area contributed by atoms with Crippen LogP contribution in [0.4, 0.5) is 4.39 Å². The van der Waals surface area contributed by atoms with Crippen LogP contribution in [-0.4, -0.2) is 5.71 Å². The fourth-order valence-corrected chi connectivity index (χ4v) is 1.38. The maximum atomic E-state index is 13.3. The molecule has 0 aliphatic carbocycles. The molecule has 0 atom stereocenters. The monoisotopic (exact) mass is 211 g/mol. The maximum Gasteiger partial charge on any atom is 0.134 e. The summed E-state index contributed by atoms with van der Waals surface area (Å²) in [6.45, 7) is 3.70. The van der Waals surface area contributed by atoms with Crippen molar-refractivity contribution in [3.05, 3.63) is 46.3 Å². The molecule has 0 aliphatic heterocycles. The second-order valence-corrected chi connectivity index (χ2v) is 3.64. The SMILES string of the molecule is CC(C)=CC(=N)c1c(F)cccc1Cl. The fraction of sp³-hybridized carbons (Fsp3) is 0.182. The zero-order valence-corrected chi connectivity index (χ0v) is 8.82. The fourth-order valence-electron chi connectivity index (χ4n) is 1.12. The second-order valence-electron chi connectivity index (χ2n) is 3.23. The average molecular weight is 212 g/mol. The van der Waals surface area contributed by atoms with E-state index in [1.807, 2.05) is 13.8 Å². The van der Waals surface area contributed by atoms with Crippen LogP contribution in [0.3, 0.4) is 0 Å². The molecule has 1 aromatic rings. The predicted molar refractivity (Wildman–Crippen MR) is 57.7 cm³/mol. The van der Waals surface area contributed by atoms with Crippen LogP contribution >= 0.6 is 11.6 Å². The summed E-state index contributed by atoms with van der Waals surface area (Å²) in [5.74, 6) is -0.458. The molecule has 0 radical (unpaired) electrons. The van der Waals surface area contributed by atoms with Gasteiger partial charge in [0.25, 0.3) is 0 Å². The average Bonchev–Trinajstić information content (AvgIpc) is 2.01. The van der Waals surface area contributed by atoms with Gasteiger partial charge in [0.1, 0.15) is 5.82 Å². The second kappa shape index (κ2) is 4.38. The van der Waals surface area contributed by atoms with Gasteiger partial charge in [-0.1, -0.05) is 23.2 Å². The standard InChI is InChI=1S/C11H11ClFN/c1-7(2)6-10(14)11-8(12)4-3-5-9(11)13/h3-6,14H,1-2H3. The highest BCUT2D eigenvalue weighted by Gasteiger charge is 2.09. The molecular weight excluding hydrogens is 201 g/mol. The Bertz CT molecular complexity index is 372. The summed E-state index contributed by atoms with van der Waals surface area (Å²) in [6, 6.07) is 4.40. The van der Waals surface area contributed by atoms with Gasteiger partial charge < -0.3 is 5.41 Å². The topological polar surface area (TPSA) is 23.9 Å². The molecule has 0 saturated heterocycles. The molecule has 0 fully saturated rings. The van der Waals surface area contributed by atoms with Crippen LogP contribution in [0.2, 0.25) is 5.02 Å². The Morgan fingerprint density at radius 2 is 2.07 bits per heavy atom. The molecule has 0 aromatic heterocycles. The minimum absolute atomic E-state index is 0.105. The van der Waals surface area contributed by atoms with Crippen LogP contribution in [0.15, 0.2) is 29.8 Å². The smallest absolute Gasteiger partial charge is 0.134 e. The van der Waals surface area contributed by atoms with Crippen LogP contribution in [0.25, 0.3) is 0 Å². The first-order valence-corrected chi connectivity index (χ1v) is 4.58. The van der Waals surface area contributed by atoms with Gasteiger partial charge >= 0.3 is 0 Å². The van der Waals surface area contributed by atoms with Crippen LogP contribution in [0.5, 0.6) is 0 Å². The molecule has 0 saturated carbocycles. The zero-order valence-electron chi connectivity index (χ0n) is 8.07. The lowest BCUT2D eigenvalue weighted by atomic mass is 10.1. The minimum atomic E-state index is -0.458. The van der Waals surface area contributed by atoms with Crippen molar-refractivity contribution in [3.8, 4) is 0 Å². The van der Waals surface area contributed by atoms with Crippen molar-refractivity contribution in [1.82, 2.24) is 0 Å². The van der Waals surface area contributed by atoms with Crippen LogP contribution in [0.1, 0.15) is 19.4 Å². The van der Waals surface area contributed by atoms with Gasteiger partial charge in [-0.15, -0.1) is 0 Å². The van der Waals surface area contributed by atoms with E-state index in [-0.39, 0.29) is 16.3 Å². The van der Waals surface area contributed by atoms with Crippen molar-refractivity contribution >= 4 is 17.3 Å². The van der Waals surface area contributed by atoms with Gasteiger partial charge in [-0.25, -0.2) is 4.39 Å². The molecule has 1 N–H and O–H groups in total. The number of nitrogens with one attached hydrogen (secondary N) is 1. The lowest BCUT2D eigenvalue weighted by molar-refractivity contribution is 0.625. The third-order valence-corrected chi connectivity index (χ3v) is 1.98. The Morgan fingerprint density at radius 1 is 1.43 bits per heavy atom. The quantitative estimate of drug-likeness (QED) is 0.720. The van der Waals surface area contributed by atoms with Crippen molar-refractivity contribution in [3.63, 3.8) is 0 Å². The third kappa shape index (κ3) is 2.42. The number of benzene rings is 1. The Kier molecular flexibility index (Phi) is 3.42. The van der Waals surface area contributed by atoms with E-state index in [0.717, 1.165) is 5.57 Å². The van der Waals surface area contributed by atoms with E-state index in [1.165, 1.54) is 12.1 Å². The molecule has 1 rings (SSSR count). The number of rotatable bonds is 2. The Balaban J connectivity index is 3.19. The molecular formula is C11H11ClFN. The van der Waals surface area contributed by atoms with Crippen LogP contribution < -0.4 is 0 Å². The summed E-state index contributed by atoms with van der Waals surface area (Å²) < 4.78 is 13.3. The number of allylic oxidation sites excluding steroid dienone is 2. The molecule has 1 aromatic carbocycles. The summed E-state index contributed by atoms with van der Waals surface area (Å²) in [4.78, 5) is 0. The highest BCUT2D eigenvalue weighted by atomic mass is 35.5. The summed E-state index contributed by atoms with van der Waals surface area (Å²) in [5, 5.41) is 7.91. The molecule has 74 valence electrons. The highest BCUT2D eigenvalue weighted by molar-refractivity contribution is 6.34. The van der Waals surface area contributed by atoms with Crippen molar-refractivity contribution < 1.29 is 4.39 Å². The van der Waals surface area contributed by atoms with Gasteiger partial charge in [-0.05, 0) is 32.1 Å². The summed E-state index contributed by atoms with van der Waals surface area (Å²) in [5.41, 5.74) is 1.21. The normalized spacial score (nSPS) is 9.71. The van der Waals surface area contributed by atoms with Crippen molar-refractivity contribution in [1.29, 1.82) is 5.41 Å². The molecule has 0 heterocycles. The number of hydrogen-bond donors (Lipinski definition) is 1. The van der Waals surface area contributed by atoms with E-state index in [0.29, 0.717) is 0 Å². The lowest BCUT2D eigenvalue weighted by Crippen LogP contribution is -2.00. The van der Waals surface area contributed by atoms with Gasteiger partial charge in [0.2, 0.25) is 0 Å². The Labute approximate surface area is 87.7 Å². The molecule has 0 spiro atoms. The van der Waals surface area contributed by atoms with E-state index in [1.54, 1.807) is 12.1 Å². The van der Waals surface area contributed by atoms with Crippen molar-refractivity contribution in [2.75, 3.05) is 0 Å². The van der Waals surface area contributed by atoms with Crippen molar-refractivity contribution in [2.24, 2.45) is 0 Å². The first-order valence-electron chi connectivity index (χ1n) is 4.20. The van der Waals surface area contributed by atoms with Gasteiger partial charge in [0, 0.05) is 0 Å². The summed E-state index contributed by atoms with van der Waals surface area (Å²) in [6.07, 6.45) is 1.59. The number of halogens is 2. The highest BCUT2D eigenvalue weighted by Crippen LogP contribution is 2.20. The first-order chi connectivity index (χ1) is 6.52. The Hall–Kier alpha value is -1.15. The molecule has 14 heavy (non-hydrogen) atoms. The molecule has 0 unspecified atom stereocenters. The predicted octanol–water partition coefficient (Wildman–Crippen LogP) is 3.81.